The SMILES string of the molecule is O=C(NC1CCCC(n2c(-c3ccccn3)nc3cc(-n4ccnn4)ncc32)C1)c1ccc(Br)s1. The number of halogens is 1. The van der Waals surface area contributed by atoms with Gasteiger partial charge in [0.15, 0.2) is 11.6 Å². The normalized spacial score (nSPS) is 18.1. The Morgan fingerprint density at radius 1 is 1.14 bits per heavy atom. The lowest BCUT2D eigenvalue weighted by molar-refractivity contribution is 0.0925. The largest absolute Gasteiger partial charge is 0.349 e. The molecule has 0 aromatic carbocycles. The monoisotopic (exact) mass is 548 g/mol. The molecule has 2 atom stereocenters. The molecule has 1 aliphatic carbocycles. The number of thiophene rings is 1. The van der Waals surface area contributed by atoms with Gasteiger partial charge in [-0.15, -0.1) is 16.4 Å². The van der Waals surface area contributed by atoms with E-state index in [1.54, 1.807) is 23.3 Å². The molecule has 9 nitrogen and oxygen atoms in total. The summed E-state index contributed by atoms with van der Waals surface area (Å²) in [5, 5.41) is 11.2. The molecule has 0 bridgehead atoms. The summed E-state index contributed by atoms with van der Waals surface area (Å²) in [5.74, 6) is 1.44. The molecule has 6 rings (SSSR count). The first-order chi connectivity index (χ1) is 17.2. The molecule has 1 saturated carbocycles. The van der Waals surface area contributed by atoms with Crippen molar-refractivity contribution in [1.29, 1.82) is 0 Å². The molecular formula is C24H21BrN8OS. The minimum Gasteiger partial charge on any atom is -0.349 e. The number of hydrogen-bond donors (Lipinski definition) is 1. The lowest BCUT2D eigenvalue weighted by atomic mass is 9.90. The van der Waals surface area contributed by atoms with Gasteiger partial charge in [0.25, 0.3) is 5.91 Å². The first-order valence-corrected chi connectivity index (χ1v) is 13.0. The Hall–Kier alpha value is -3.44. The fraction of sp³-hybridized carbons (Fsp3) is 0.250. The van der Waals surface area contributed by atoms with Gasteiger partial charge in [-0.25, -0.2) is 14.6 Å². The fourth-order valence-electron chi connectivity index (χ4n) is 4.71. The maximum absolute atomic E-state index is 12.8. The molecular weight excluding hydrogens is 528 g/mol. The predicted octanol–water partition coefficient (Wildman–Crippen LogP) is 4.81. The van der Waals surface area contributed by atoms with Crippen molar-refractivity contribution in [3.05, 3.63) is 69.8 Å². The first kappa shape index (κ1) is 22.1. The molecule has 1 aliphatic rings. The summed E-state index contributed by atoms with van der Waals surface area (Å²) in [5.41, 5.74) is 2.56. The summed E-state index contributed by atoms with van der Waals surface area (Å²) in [6.07, 6.45) is 10.8. The second-order valence-electron chi connectivity index (χ2n) is 8.49. The Balaban J connectivity index is 1.36. The highest BCUT2D eigenvalue weighted by Crippen LogP contribution is 2.36. The number of pyridine rings is 2. The van der Waals surface area contributed by atoms with Crippen LogP contribution in [0, 0.1) is 0 Å². The van der Waals surface area contributed by atoms with Gasteiger partial charge in [0.2, 0.25) is 0 Å². The van der Waals surface area contributed by atoms with Gasteiger partial charge in [0.1, 0.15) is 5.69 Å². The van der Waals surface area contributed by atoms with Crippen molar-refractivity contribution < 1.29 is 4.79 Å². The number of carbonyl (C=O) groups is 1. The third-order valence-electron chi connectivity index (χ3n) is 6.26. The van der Waals surface area contributed by atoms with Crippen LogP contribution in [-0.4, -0.2) is 46.5 Å². The van der Waals surface area contributed by atoms with Crippen LogP contribution in [0.4, 0.5) is 0 Å². The standard InChI is InChI=1S/C24H21BrN8OS/c25-21-8-7-20(35-21)24(34)29-15-4-3-5-16(12-15)33-19-14-27-22(32-11-10-28-31-32)13-18(19)30-23(33)17-6-1-2-9-26-17/h1-2,6-11,13-16H,3-5,12H2,(H,29,34). The van der Waals surface area contributed by atoms with E-state index in [1.165, 1.54) is 11.3 Å². The topological polar surface area (TPSA) is 103 Å². The van der Waals surface area contributed by atoms with Crippen LogP contribution >= 0.6 is 27.3 Å². The highest BCUT2D eigenvalue weighted by Gasteiger charge is 2.29. The van der Waals surface area contributed by atoms with Crippen molar-refractivity contribution in [2.24, 2.45) is 0 Å². The second kappa shape index (κ2) is 9.31. The number of aromatic nitrogens is 7. The van der Waals surface area contributed by atoms with Crippen LogP contribution in [0.2, 0.25) is 0 Å². The minimum absolute atomic E-state index is 0.0223. The van der Waals surface area contributed by atoms with Gasteiger partial charge >= 0.3 is 0 Å². The molecule has 5 heterocycles. The number of carbonyl (C=O) groups excluding carboxylic acids is 1. The number of nitrogens with zero attached hydrogens (tertiary/aromatic N) is 7. The van der Waals surface area contributed by atoms with Gasteiger partial charge < -0.3 is 9.88 Å². The quantitative estimate of drug-likeness (QED) is 0.338. The molecule has 1 fully saturated rings. The van der Waals surface area contributed by atoms with E-state index in [1.807, 2.05) is 42.6 Å². The molecule has 0 radical (unpaired) electrons. The van der Waals surface area contributed by atoms with Crippen molar-refractivity contribution in [3.63, 3.8) is 0 Å². The van der Waals surface area contributed by atoms with Gasteiger partial charge in [-0.1, -0.05) is 11.3 Å². The maximum Gasteiger partial charge on any atom is 0.261 e. The highest BCUT2D eigenvalue weighted by atomic mass is 79.9. The van der Waals surface area contributed by atoms with Crippen LogP contribution in [0.3, 0.4) is 0 Å². The molecule has 5 aromatic rings. The molecule has 1 amide bonds. The average Bonchev–Trinajstić information content (AvgIpc) is 3.64. The lowest BCUT2D eigenvalue weighted by Crippen LogP contribution is -2.38. The molecule has 35 heavy (non-hydrogen) atoms. The second-order valence-corrected chi connectivity index (χ2v) is 11.0. The Labute approximate surface area is 213 Å². The molecule has 5 aromatic heterocycles. The third kappa shape index (κ3) is 4.37. The number of amides is 1. The van der Waals surface area contributed by atoms with Crippen molar-refractivity contribution >= 4 is 44.2 Å². The van der Waals surface area contributed by atoms with E-state index >= 15 is 0 Å². The average molecular weight is 549 g/mol. The van der Waals surface area contributed by atoms with Gasteiger partial charge in [-0.3, -0.25) is 9.78 Å². The Kier molecular flexibility index (Phi) is 5.86. The summed E-state index contributed by atoms with van der Waals surface area (Å²) in [6.45, 7) is 0. The van der Waals surface area contributed by atoms with Crippen LogP contribution in [0.1, 0.15) is 41.4 Å². The van der Waals surface area contributed by atoms with E-state index in [-0.39, 0.29) is 18.0 Å². The number of hydrogen-bond acceptors (Lipinski definition) is 7. The van der Waals surface area contributed by atoms with Gasteiger partial charge in [0, 0.05) is 24.3 Å². The predicted molar refractivity (Wildman–Crippen MR) is 136 cm³/mol. The zero-order chi connectivity index (χ0) is 23.8. The zero-order valence-corrected chi connectivity index (χ0v) is 21.0. The summed E-state index contributed by atoms with van der Waals surface area (Å²) in [7, 11) is 0. The lowest BCUT2D eigenvalue weighted by Gasteiger charge is -2.31. The minimum atomic E-state index is -0.0223. The first-order valence-electron chi connectivity index (χ1n) is 11.4. The molecule has 0 spiro atoms. The van der Waals surface area contributed by atoms with Crippen molar-refractivity contribution in [2.75, 3.05) is 0 Å². The van der Waals surface area contributed by atoms with E-state index in [4.69, 9.17) is 4.98 Å². The van der Waals surface area contributed by atoms with Crippen molar-refractivity contribution in [1.82, 2.24) is 39.8 Å². The number of fused-ring (bicyclic) bond motifs is 1. The van der Waals surface area contributed by atoms with E-state index in [9.17, 15) is 4.79 Å². The van der Waals surface area contributed by atoms with E-state index in [2.05, 4.69) is 46.1 Å². The Morgan fingerprint density at radius 3 is 2.86 bits per heavy atom. The van der Waals surface area contributed by atoms with Crippen molar-refractivity contribution in [3.8, 4) is 17.3 Å². The van der Waals surface area contributed by atoms with Crippen molar-refractivity contribution in [2.45, 2.75) is 37.8 Å². The molecule has 2 unspecified atom stereocenters. The van der Waals surface area contributed by atoms with Crippen LogP contribution < -0.4 is 5.32 Å². The summed E-state index contributed by atoms with van der Waals surface area (Å²) in [4.78, 5) is 27.7. The van der Waals surface area contributed by atoms with Crippen LogP contribution in [0.15, 0.2) is 65.0 Å². The van der Waals surface area contributed by atoms with Crippen LogP contribution in [0.5, 0.6) is 0 Å². The number of rotatable bonds is 5. The highest BCUT2D eigenvalue weighted by molar-refractivity contribution is 9.11. The van der Waals surface area contributed by atoms with Crippen LogP contribution in [0.25, 0.3) is 28.4 Å². The molecule has 11 heteroatoms. The Bertz CT molecular complexity index is 1480. The van der Waals surface area contributed by atoms with Gasteiger partial charge in [0.05, 0.1) is 38.3 Å². The Morgan fingerprint density at radius 2 is 2.09 bits per heavy atom. The summed E-state index contributed by atoms with van der Waals surface area (Å²) in [6, 6.07) is 11.8. The summed E-state index contributed by atoms with van der Waals surface area (Å²) < 4.78 is 4.82. The fourth-order valence-corrected chi connectivity index (χ4v) is 6.00. The molecule has 0 aliphatic heterocycles. The van der Waals surface area contributed by atoms with Gasteiger partial charge in [-0.05, 0) is 65.9 Å². The molecule has 1 N–H and O–H groups in total. The number of nitrogens with one attached hydrogen (secondary N) is 1. The third-order valence-corrected chi connectivity index (χ3v) is 7.88. The van der Waals surface area contributed by atoms with Gasteiger partial charge in [-0.2, -0.15) is 0 Å². The molecule has 0 saturated heterocycles. The van der Waals surface area contributed by atoms with E-state index in [0.29, 0.717) is 10.7 Å². The zero-order valence-electron chi connectivity index (χ0n) is 18.6. The van der Waals surface area contributed by atoms with E-state index < -0.39 is 0 Å². The van der Waals surface area contributed by atoms with E-state index in [0.717, 1.165) is 52.0 Å². The maximum atomic E-state index is 12.8. The molecule has 176 valence electrons. The number of imidazole rings is 1. The van der Waals surface area contributed by atoms with Crippen LogP contribution in [-0.2, 0) is 0 Å². The smallest absolute Gasteiger partial charge is 0.261 e. The summed E-state index contributed by atoms with van der Waals surface area (Å²) >= 11 is 4.89.